The van der Waals surface area contributed by atoms with Crippen LogP contribution >= 0.6 is 12.2 Å². The molecule has 0 fully saturated rings. The van der Waals surface area contributed by atoms with Crippen molar-refractivity contribution >= 4 is 34.8 Å². The van der Waals surface area contributed by atoms with Gasteiger partial charge in [-0.15, -0.1) is 0 Å². The van der Waals surface area contributed by atoms with Crippen LogP contribution in [0.15, 0.2) is 48.5 Å². The van der Waals surface area contributed by atoms with E-state index in [1.807, 2.05) is 30.3 Å². The van der Waals surface area contributed by atoms with Gasteiger partial charge in [-0.3, -0.25) is 14.9 Å². The minimum absolute atomic E-state index is 0.00885. The van der Waals surface area contributed by atoms with E-state index >= 15 is 0 Å². The van der Waals surface area contributed by atoms with Crippen molar-refractivity contribution < 1.29 is 14.3 Å². The molecule has 0 saturated heterocycles. The number of hydrogen-bond donors (Lipinski definition) is 3. The highest BCUT2D eigenvalue weighted by molar-refractivity contribution is 7.80. The molecule has 0 aliphatic carbocycles. The number of anilines is 1. The summed E-state index contributed by atoms with van der Waals surface area (Å²) in [7, 11) is 1.63. The molecule has 0 aliphatic rings. The number of benzene rings is 2. The Morgan fingerprint density at radius 2 is 1.77 bits per heavy atom. The van der Waals surface area contributed by atoms with Gasteiger partial charge in [-0.2, -0.15) is 0 Å². The van der Waals surface area contributed by atoms with Gasteiger partial charge >= 0.3 is 0 Å². The standard InChI is InChI=1S/C23H29N3O3S/c1-16(2)14-15-29-20-7-5-4-6-19(20)22(28)26-23(30)25-18-11-8-17(9-12-18)10-13-21(27)24-3/h4-9,11-12,16H,10,13-15H2,1-3H3,(H,24,27)(H2,25,26,28,30). The molecule has 7 heteroatoms. The van der Waals surface area contributed by atoms with Crippen LogP contribution < -0.4 is 20.7 Å². The van der Waals surface area contributed by atoms with E-state index in [0.717, 1.165) is 17.7 Å². The normalized spacial score (nSPS) is 10.4. The van der Waals surface area contributed by atoms with Crippen molar-refractivity contribution in [2.24, 2.45) is 5.92 Å². The molecule has 0 bridgehead atoms. The minimum atomic E-state index is -0.324. The van der Waals surface area contributed by atoms with Crippen LogP contribution in [0.1, 0.15) is 42.6 Å². The summed E-state index contributed by atoms with van der Waals surface area (Å²) in [6, 6.07) is 14.7. The number of carbonyl (C=O) groups excluding carboxylic acids is 2. The largest absolute Gasteiger partial charge is 0.493 e. The summed E-state index contributed by atoms with van der Waals surface area (Å²) < 4.78 is 5.78. The highest BCUT2D eigenvalue weighted by Crippen LogP contribution is 2.19. The van der Waals surface area contributed by atoms with Gasteiger partial charge in [0.05, 0.1) is 12.2 Å². The molecule has 160 valence electrons. The molecule has 0 unspecified atom stereocenters. The number of nitrogens with one attached hydrogen (secondary N) is 3. The van der Waals surface area contributed by atoms with E-state index < -0.39 is 0 Å². The third-order valence-corrected chi connectivity index (χ3v) is 4.65. The Hall–Kier alpha value is -2.93. The van der Waals surface area contributed by atoms with Gasteiger partial charge in [0.25, 0.3) is 5.91 Å². The molecule has 0 aliphatic heterocycles. The third kappa shape index (κ3) is 7.83. The molecule has 6 nitrogen and oxygen atoms in total. The Labute approximate surface area is 183 Å². The van der Waals surface area contributed by atoms with Crippen LogP contribution in [-0.2, 0) is 11.2 Å². The van der Waals surface area contributed by atoms with E-state index in [-0.39, 0.29) is 16.9 Å². The van der Waals surface area contributed by atoms with Crippen molar-refractivity contribution in [3.8, 4) is 5.75 Å². The van der Waals surface area contributed by atoms with Crippen LogP contribution in [0.5, 0.6) is 5.75 Å². The van der Waals surface area contributed by atoms with Crippen LogP contribution in [0.3, 0.4) is 0 Å². The molecule has 0 radical (unpaired) electrons. The lowest BCUT2D eigenvalue weighted by Crippen LogP contribution is -2.34. The van der Waals surface area contributed by atoms with Gasteiger partial charge in [0, 0.05) is 19.2 Å². The van der Waals surface area contributed by atoms with Crippen LogP contribution in [0, 0.1) is 5.92 Å². The topological polar surface area (TPSA) is 79.5 Å². The van der Waals surface area contributed by atoms with Gasteiger partial charge in [-0.1, -0.05) is 38.1 Å². The average molecular weight is 428 g/mol. The van der Waals surface area contributed by atoms with E-state index in [9.17, 15) is 9.59 Å². The zero-order chi connectivity index (χ0) is 21.9. The SMILES string of the molecule is CNC(=O)CCc1ccc(NC(=S)NC(=O)c2ccccc2OCCC(C)C)cc1. The quantitative estimate of drug-likeness (QED) is 0.529. The molecule has 2 aromatic carbocycles. The first kappa shape index (κ1) is 23.3. The summed E-state index contributed by atoms with van der Waals surface area (Å²) >= 11 is 5.27. The number of rotatable bonds is 9. The molecule has 0 heterocycles. The van der Waals surface area contributed by atoms with Gasteiger partial charge in [0.15, 0.2) is 5.11 Å². The second-order valence-corrected chi connectivity index (χ2v) is 7.71. The van der Waals surface area contributed by atoms with Crippen molar-refractivity contribution in [3.63, 3.8) is 0 Å². The van der Waals surface area contributed by atoms with Crippen molar-refractivity contribution in [1.29, 1.82) is 0 Å². The smallest absolute Gasteiger partial charge is 0.261 e. The maximum atomic E-state index is 12.6. The number of ether oxygens (including phenoxy) is 1. The summed E-state index contributed by atoms with van der Waals surface area (Å²) in [5, 5.41) is 8.51. The first-order valence-corrected chi connectivity index (χ1v) is 10.4. The Morgan fingerprint density at radius 3 is 2.43 bits per heavy atom. The molecule has 2 rings (SSSR count). The molecule has 0 spiro atoms. The molecule has 0 atom stereocenters. The lowest BCUT2D eigenvalue weighted by atomic mass is 10.1. The van der Waals surface area contributed by atoms with Gasteiger partial charge in [-0.05, 0) is 60.8 Å². The lowest BCUT2D eigenvalue weighted by Gasteiger charge is -2.14. The molecule has 2 amide bonds. The highest BCUT2D eigenvalue weighted by atomic mass is 32.1. The van der Waals surface area contributed by atoms with Crippen LogP contribution in [0.4, 0.5) is 5.69 Å². The van der Waals surface area contributed by atoms with E-state index in [1.54, 1.807) is 25.2 Å². The number of thiocarbonyl (C=S) groups is 1. The summed E-state index contributed by atoms with van der Waals surface area (Å²) in [5.41, 5.74) is 2.24. The Bertz CT molecular complexity index is 866. The second-order valence-electron chi connectivity index (χ2n) is 7.31. The first-order valence-electron chi connectivity index (χ1n) is 10.0. The van der Waals surface area contributed by atoms with Crippen LogP contribution in [-0.4, -0.2) is 30.6 Å². The molecule has 3 N–H and O–H groups in total. The summed E-state index contributed by atoms with van der Waals surface area (Å²) in [4.78, 5) is 24.0. The zero-order valence-corrected chi connectivity index (χ0v) is 18.5. The third-order valence-electron chi connectivity index (χ3n) is 4.44. The van der Waals surface area contributed by atoms with Crippen LogP contribution in [0.2, 0.25) is 0 Å². The van der Waals surface area contributed by atoms with Crippen molar-refractivity contribution in [2.75, 3.05) is 19.0 Å². The van der Waals surface area contributed by atoms with Crippen molar-refractivity contribution in [3.05, 3.63) is 59.7 Å². The fraction of sp³-hybridized carbons (Fsp3) is 0.348. The summed E-state index contributed by atoms with van der Waals surface area (Å²) in [5.74, 6) is 0.751. The monoisotopic (exact) mass is 427 g/mol. The number of amides is 2. The maximum absolute atomic E-state index is 12.6. The number of para-hydroxylation sites is 1. The van der Waals surface area contributed by atoms with Crippen LogP contribution in [0.25, 0.3) is 0 Å². The second kappa shape index (κ2) is 11.9. The van der Waals surface area contributed by atoms with E-state index in [1.165, 1.54) is 0 Å². The molecule has 30 heavy (non-hydrogen) atoms. The van der Waals surface area contributed by atoms with E-state index in [0.29, 0.717) is 36.7 Å². The average Bonchev–Trinajstić information content (AvgIpc) is 2.73. The predicted molar refractivity (Wildman–Crippen MR) is 124 cm³/mol. The fourth-order valence-corrected chi connectivity index (χ4v) is 2.87. The lowest BCUT2D eigenvalue weighted by molar-refractivity contribution is -0.120. The fourth-order valence-electron chi connectivity index (χ4n) is 2.66. The summed E-state index contributed by atoms with van der Waals surface area (Å²) in [6.45, 7) is 4.80. The summed E-state index contributed by atoms with van der Waals surface area (Å²) in [6.07, 6.45) is 2.01. The van der Waals surface area contributed by atoms with Gasteiger partial charge in [0.2, 0.25) is 5.91 Å². The van der Waals surface area contributed by atoms with Gasteiger partial charge < -0.3 is 15.4 Å². The highest BCUT2D eigenvalue weighted by Gasteiger charge is 2.14. The molecular weight excluding hydrogens is 398 g/mol. The van der Waals surface area contributed by atoms with Crippen molar-refractivity contribution in [2.45, 2.75) is 33.1 Å². The van der Waals surface area contributed by atoms with E-state index in [2.05, 4.69) is 29.8 Å². The number of aryl methyl sites for hydroxylation is 1. The maximum Gasteiger partial charge on any atom is 0.261 e. The predicted octanol–water partition coefficient (Wildman–Crippen LogP) is 3.92. The van der Waals surface area contributed by atoms with Crippen molar-refractivity contribution in [1.82, 2.24) is 10.6 Å². The number of hydrogen-bond acceptors (Lipinski definition) is 4. The van der Waals surface area contributed by atoms with Gasteiger partial charge in [0.1, 0.15) is 5.75 Å². The molecular formula is C23H29N3O3S. The zero-order valence-electron chi connectivity index (χ0n) is 17.7. The molecule has 0 aromatic heterocycles. The first-order chi connectivity index (χ1) is 14.4. The van der Waals surface area contributed by atoms with Gasteiger partial charge in [-0.25, -0.2) is 0 Å². The minimum Gasteiger partial charge on any atom is -0.493 e. The Morgan fingerprint density at radius 1 is 1.07 bits per heavy atom. The molecule has 2 aromatic rings. The Balaban J connectivity index is 1.90. The van der Waals surface area contributed by atoms with E-state index in [4.69, 9.17) is 17.0 Å². The number of carbonyl (C=O) groups is 2. The molecule has 0 saturated carbocycles. The Kier molecular flexibility index (Phi) is 9.28.